The number of aliphatic carboxylic acids is 2. The number of allylic oxidation sites excluding steroid dienone is 2. The van der Waals surface area contributed by atoms with Gasteiger partial charge in [-0.05, 0) is 32.1 Å². The lowest BCUT2D eigenvalue weighted by molar-refractivity contribution is -0.154. The topological polar surface area (TPSA) is 74.6 Å². The van der Waals surface area contributed by atoms with Gasteiger partial charge in [0.2, 0.25) is 0 Å². The fourth-order valence-corrected chi connectivity index (χ4v) is 2.95. The zero-order chi connectivity index (χ0) is 18.8. The van der Waals surface area contributed by atoms with Crippen LogP contribution in [0.1, 0.15) is 103 Å². The molecular weight excluding hydrogens is 316 g/mol. The summed E-state index contributed by atoms with van der Waals surface area (Å²) in [4.78, 5) is 21.5. The van der Waals surface area contributed by atoms with Crippen LogP contribution in [-0.4, -0.2) is 22.2 Å². The van der Waals surface area contributed by atoms with Gasteiger partial charge in [0.15, 0.2) is 5.92 Å². The highest BCUT2D eigenvalue weighted by Crippen LogP contribution is 2.14. The van der Waals surface area contributed by atoms with E-state index in [0.717, 1.165) is 25.7 Å². The largest absolute Gasteiger partial charge is 0.481 e. The third kappa shape index (κ3) is 15.9. The molecule has 0 aliphatic carbocycles. The standard InChI is InChI=1S/C21H38O4/c1-2-3-4-5-6-7-8-9-10-11-12-13-14-15-16-17-18-19(20(22)23)21(24)25/h9-10,19H,2-8,11-18H2,1H3,(H,22,23)(H,24,25)/b10-9-. The number of hydrogen-bond acceptors (Lipinski definition) is 2. The molecule has 4 heteroatoms. The van der Waals surface area contributed by atoms with Crippen LogP contribution in [0.3, 0.4) is 0 Å². The fraction of sp³-hybridized carbons (Fsp3) is 0.810. The van der Waals surface area contributed by atoms with E-state index in [1.54, 1.807) is 0 Å². The number of carboxylic acids is 2. The Morgan fingerprint density at radius 1 is 0.680 bits per heavy atom. The average molecular weight is 355 g/mol. The predicted molar refractivity (Wildman–Crippen MR) is 103 cm³/mol. The fourth-order valence-electron chi connectivity index (χ4n) is 2.95. The average Bonchev–Trinajstić information content (AvgIpc) is 2.57. The molecule has 0 bridgehead atoms. The van der Waals surface area contributed by atoms with Crippen molar-refractivity contribution in [3.05, 3.63) is 12.2 Å². The smallest absolute Gasteiger partial charge is 0.317 e. The molecule has 0 heterocycles. The highest BCUT2D eigenvalue weighted by atomic mass is 16.4. The molecule has 2 N–H and O–H groups in total. The van der Waals surface area contributed by atoms with Crippen molar-refractivity contribution in [1.29, 1.82) is 0 Å². The van der Waals surface area contributed by atoms with Gasteiger partial charge in [-0.3, -0.25) is 9.59 Å². The van der Waals surface area contributed by atoms with Gasteiger partial charge in [0.05, 0.1) is 0 Å². The van der Waals surface area contributed by atoms with Crippen molar-refractivity contribution in [2.45, 2.75) is 103 Å². The van der Waals surface area contributed by atoms with Gasteiger partial charge in [-0.2, -0.15) is 0 Å². The van der Waals surface area contributed by atoms with E-state index < -0.39 is 17.9 Å². The van der Waals surface area contributed by atoms with E-state index in [2.05, 4.69) is 19.1 Å². The summed E-state index contributed by atoms with van der Waals surface area (Å²) in [6.07, 6.45) is 21.5. The van der Waals surface area contributed by atoms with Crippen LogP contribution < -0.4 is 0 Å². The number of carbonyl (C=O) groups is 2. The van der Waals surface area contributed by atoms with E-state index in [1.807, 2.05) is 0 Å². The van der Waals surface area contributed by atoms with Crippen molar-refractivity contribution < 1.29 is 19.8 Å². The first-order chi connectivity index (χ1) is 12.1. The Labute approximate surface area is 153 Å². The van der Waals surface area contributed by atoms with Crippen molar-refractivity contribution in [3.63, 3.8) is 0 Å². The molecule has 146 valence electrons. The SMILES string of the molecule is CCCCCCCC/C=C\CCCCCCCCC(C(=O)O)C(=O)O. The van der Waals surface area contributed by atoms with Gasteiger partial charge in [0.1, 0.15) is 0 Å². The molecule has 0 aromatic rings. The minimum absolute atomic E-state index is 0.242. The van der Waals surface area contributed by atoms with Crippen molar-refractivity contribution in [2.24, 2.45) is 5.92 Å². The van der Waals surface area contributed by atoms with E-state index in [1.165, 1.54) is 57.8 Å². The summed E-state index contributed by atoms with van der Waals surface area (Å²) in [5.41, 5.74) is 0. The van der Waals surface area contributed by atoms with E-state index in [0.29, 0.717) is 6.42 Å². The second-order valence-corrected chi connectivity index (χ2v) is 6.96. The maximum Gasteiger partial charge on any atom is 0.317 e. The van der Waals surface area contributed by atoms with Gasteiger partial charge >= 0.3 is 11.9 Å². The van der Waals surface area contributed by atoms with E-state index >= 15 is 0 Å². The number of hydrogen-bond donors (Lipinski definition) is 2. The predicted octanol–water partition coefficient (Wildman–Crippen LogP) is 6.20. The summed E-state index contributed by atoms with van der Waals surface area (Å²) < 4.78 is 0. The first-order valence-electron chi connectivity index (χ1n) is 10.2. The summed E-state index contributed by atoms with van der Waals surface area (Å²) in [6, 6.07) is 0. The summed E-state index contributed by atoms with van der Waals surface area (Å²) in [5, 5.41) is 17.6. The van der Waals surface area contributed by atoms with Crippen LogP contribution in [0.25, 0.3) is 0 Å². The van der Waals surface area contributed by atoms with E-state index in [-0.39, 0.29) is 6.42 Å². The van der Waals surface area contributed by atoms with Gasteiger partial charge < -0.3 is 10.2 Å². The highest BCUT2D eigenvalue weighted by molar-refractivity contribution is 5.92. The van der Waals surface area contributed by atoms with Crippen LogP contribution >= 0.6 is 0 Å². The quantitative estimate of drug-likeness (QED) is 0.174. The Morgan fingerprint density at radius 2 is 1.08 bits per heavy atom. The summed E-state index contributed by atoms with van der Waals surface area (Å²) in [7, 11) is 0. The zero-order valence-corrected chi connectivity index (χ0v) is 16.0. The summed E-state index contributed by atoms with van der Waals surface area (Å²) in [6.45, 7) is 2.25. The monoisotopic (exact) mass is 354 g/mol. The molecule has 0 saturated heterocycles. The molecule has 0 aromatic heterocycles. The molecule has 0 aliphatic heterocycles. The molecular formula is C21H38O4. The zero-order valence-electron chi connectivity index (χ0n) is 16.0. The second kappa shape index (κ2) is 17.5. The Hall–Kier alpha value is -1.32. The van der Waals surface area contributed by atoms with Crippen molar-refractivity contribution in [2.75, 3.05) is 0 Å². The molecule has 0 saturated carbocycles. The van der Waals surface area contributed by atoms with Crippen LogP contribution in [0.4, 0.5) is 0 Å². The Balaban J connectivity index is 3.32. The van der Waals surface area contributed by atoms with Crippen LogP contribution in [0, 0.1) is 5.92 Å². The lowest BCUT2D eigenvalue weighted by Crippen LogP contribution is -2.23. The maximum atomic E-state index is 10.7. The van der Waals surface area contributed by atoms with Gasteiger partial charge in [-0.25, -0.2) is 0 Å². The van der Waals surface area contributed by atoms with Crippen LogP contribution in [0.15, 0.2) is 12.2 Å². The third-order valence-corrected chi connectivity index (χ3v) is 4.60. The third-order valence-electron chi connectivity index (χ3n) is 4.60. The lowest BCUT2D eigenvalue weighted by Gasteiger charge is -2.06. The maximum absolute atomic E-state index is 10.7. The molecule has 4 nitrogen and oxygen atoms in total. The second-order valence-electron chi connectivity index (χ2n) is 6.96. The molecule has 0 amide bonds. The molecule has 0 unspecified atom stereocenters. The Kier molecular flexibility index (Phi) is 16.6. The Bertz CT molecular complexity index is 349. The molecule has 0 fully saturated rings. The summed E-state index contributed by atoms with van der Waals surface area (Å²) >= 11 is 0. The van der Waals surface area contributed by atoms with Crippen LogP contribution in [0.2, 0.25) is 0 Å². The molecule has 0 rings (SSSR count). The van der Waals surface area contributed by atoms with Crippen molar-refractivity contribution in [1.82, 2.24) is 0 Å². The van der Waals surface area contributed by atoms with E-state index in [4.69, 9.17) is 10.2 Å². The van der Waals surface area contributed by atoms with Crippen molar-refractivity contribution in [3.8, 4) is 0 Å². The minimum atomic E-state index is -1.24. The van der Waals surface area contributed by atoms with Gasteiger partial charge in [-0.1, -0.05) is 83.3 Å². The van der Waals surface area contributed by atoms with Gasteiger partial charge in [-0.15, -0.1) is 0 Å². The summed E-state index contributed by atoms with van der Waals surface area (Å²) in [5.74, 6) is -3.68. The number of carboxylic acid groups (broad SMARTS) is 2. The molecule has 0 aromatic carbocycles. The molecule has 0 radical (unpaired) electrons. The molecule has 25 heavy (non-hydrogen) atoms. The number of unbranched alkanes of at least 4 members (excludes halogenated alkanes) is 12. The first kappa shape index (κ1) is 23.7. The van der Waals surface area contributed by atoms with Crippen molar-refractivity contribution >= 4 is 11.9 Å². The minimum Gasteiger partial charge on any atom is -0.481 e. The normalized spacial score (nSPS) is 11.4. The molecule has 0 spiro atoms. The van der Waals surface area contributed by atoms with E-state index in [9.17, 15) is 9.59 Å². The van der Waals surface area contributed by atoms with Gasteiger partial charge in [0.25, 0.3) is 0 Å². The highest BCUT2D eigenvalue weighted by Gasteiger charge is 2.24. The van der Waals surface area contributed by atoms with Crippen LogP contribution in [0.5, 0.6) is 0 Å². The molecule has 0 aliphatic rings. The van der Waals surface area contributed by atoms with Gasteiger partial charge in [0, 0.05) is 0 Å². The lowest BCUT2D eigenvalue weighted by atomic mass is 10.0. The van der Waals surface area contributed by atoms with Crippen LogP contribution in [-0.2, 0) is 9.59 Å². The number of rotatable bonds is 18. The first-order valence-corrected chi connectivity index (χ1v) is 10.2. The Morgan fingerprint density at radius 3 is 1.52 bits per heavy atom. The molecule has 0 atom stereocenters.